The van der Waals surface area contributed by atoms with Crippen molar-refractivity contribution in [3.8, 4) is 5.75 Å². The monoisotopic (exact) mass is 420 g/mol. The summed E-state index contributed by atoms with van der Waals surface area (Å²) < 4.78 is 19.7. The highest BCUT2D eigenvalue weighted by Gasteiger charge is 2.27. The number of amides is 2. The Labute approximate surface area is 175 Å². The number of benzene rings is 2. The van der Waals surface area contributed by atoms with Gasteiger partial charge in [-0.05, 0) is 37.1 Å². The number of hydrogen-bond donors (Lipinski definition) is 1. The summed E-state index contributed by atoms with van der Waals surface area (Å²) in [7, 11) is 0. The SMILES string of the molecule is CC(C)CNC(=O)C(C)N(Cc1ccccc1F)C(=O)COc1cccc(Cl)c1. The van der Waals surface area contributed by atoms with Crippen LogP contribution < -0.4 is 10.1 Å². The van der Waals surface area contributed by atoms with Crippen molar-refractivity contribution in [2.45, 2.75) is 33.4 Å². The highest BCUT2D eigenvalue weighted by molar-refractivity contribution is 6.30. The summed E-state index contributed by atoms with van der Waals surface area (Å²) in [5.41, 5.74) is 0.326. The predicted molar refractivity (Wildman–Crippen MR) is 111 cm³/mol. The average molecular weight is 421 g/mol. The van der Waals surface area contributed by atoms with Crippen molar-refractivity contribution >= 4 is 23.4 Å². The zero-order valence-electron chi connectivity index (χ0n) is 16.8. The molecule has 2 amide bonds. The van der Waals surface area contributed by atoms with Crippen molar-refractivity contribution in [3.63, 3.8) is 0 Å². The zero-order chi connectivity index (χ0) is 21.4. The van der Waals surface area contributed by atoms with Gasteiger partial charge in [-0.25, -0.2) is 4.39 Å². The molecule has 1 unspecified atom stereocenters. The molecule has 0 bridgehead atoms. The maximum Gasteiger partial charge on any atom is 0.261 e. The second-order valence-electron chi connectivity index (χ2n) is 7.17. The fourth-order valence-electron chi connectivity index (χ4n) is 2.63. The van der Waals surface area contributed by atoms with Crippen molar-refractivity contribution in [1.82, 2.24) is 10.2 Å². The quantitative estimate of drug-likeness (QED) is 0.665. The normalized spacial score (nSPS) is 11.8. The van der Waals surface area contributed by atoms with E-state index in [9.17, 15) is 14.0 Å². The van der Waals surface area contributed by atoms with E-state index >= 15 is 0 Å². The number of nitrogens with zero attached hydrogens (tertiary/aromatic N) is 1. The van der Waals surface area contributed by atoms with Crippen LogP contribution in [0.1, 0.15) is 26.3 Å². The van der Waals surface area contributed by atoms with Gasteiger partial charge in [-0.3, -0.25) is 9.59 Å². The van der Waals surface area contributed by atoms with Gasteiger partial charge in [0, 0.05) is 23.7 Å². The first-order valence-corrected chi connectivity index (χ1v) is 9.84. The average Bonchev–Trinajstić information content (AvgIpc) is 2.69. The molecule has 0 aliphatic heterocycles. The molecule has 0 aliphatic carbocycles. The number of rotatable bonds is 9. The maximum absolute atomic E-state index is 14.1. The van der Waals surface area contributed by atoms with Gasteiger partial charge in [0.15, 0.2) is 6.61 Å². The molecule has 156 valence electrons. The molecule has 0 fully saturated rings. The van der Waals surface area contributed by atoms with E-state index in [1.165, 1.54) is 11.0 Å². The number of halogens is 2. The third-order valence-electron chi connectivity index (χ3n) is 4.31. The third-order valence-corrected chi connectivity index (χ3v) is 4.54. The topological polar surface area (TPSA) is 58.6 Å². The van der Waals surface area contributed by atoms with E-state index in [0.29, 0.717) is 22.9 Å². The zero-order valence-corrected chi connectivity index (χ0v) is 17.6. The number of carbonyl (C=O) groups excluding carboxylic acids is 2. The molecule has 29 heavy (non-hydrogen) atoms. The van der Waals surface area contributed by atoms with Crippen LogP contribution in [0, 0.1) is 11.7 Å². The first-order chi connectivity index (χ1) is 13.8. The lowest BCUT2D eigenvalue weighted by Gasteiger charge is -2.29. The molecule has 7 heteroatoms. The summed E-state index contributed by atoms with van der Waals surface area (Å²) in [6, 6.07) is 12.1. The Bertz CT molecular complexity index is 844. The van der Waals surface area contributed by atoms with E-state index in [-0.39, 0.29) is 25.0 Å². The van der Waals surface area contributed by atoms with Crippen LogP contribution in [0.25, 0.3) is 0 Å². The largest absolute Gasteiger partial charge is 0.484 e. The molecule has 0 saturated carbocycles. The van der Waals surface area contributed by atoms with Gasteiger partial charge in [-0.1, -0.05) is 49.7 Å². The van der Waals surface area contributed by atoms with Crippen LogP contribution in [0.15, 0.2) is 48.5 Å². The van der Waals surface area contributed by atoms with Gasteiger partial charge >= 0.3 is 0 Å². The summed E-state index contributed by atoms with van der Waals surface area (Å²) in [6.45, 7) is 5.73. The lowest BCUT2D eigenvalue weighted by Crippen LogP contribution is -2.49. The van der Waals surface area contributed by atoms with Crippen molar-refractivity contribution < 1.29 is 18.7 Å². The van der Waals surface area contributed by atoms with Crippen LogP contribution in [0.2, 0.25) is 5.02 Å². The standard InChI is InChI=1S/C22H26ClFN2O3/c1-15(2)12-25-22(28)16(3)26(13-17-7-4-5-10-20(17)24)21(27)14-29-19-9-6-8-18(23)11-19/h4-11,15-16H,12-14H2,1-3H3,(H,25,28). The van der Waals surface area contributed by atoms with Crippen LogP contribution in [0.3, 0.4) is 0 Å². The fraction of sp³-hybridized carbons (Fsp3) is 0.364. The molecule has 0 radical (unpaired) electrons. The molecule has 0 heterocycles. The van der Waals surface area contributed by atoms with Gasteiger partial charge in [0.1, 0.15) is 17.6 Å². The van der Waals surface area contributed by atoms with Gasteiger partial charge in [0.2, 0.25) is 5.91 Å². The molecule has 0 spiro atoms. The highest BCUT2D eigenvalue weighted by atomic mass is 35.5. The minimum absolute atomic E-state index is 0.0410. The Morgan fingerprint density at radius 3 is 2.52 bits per heavy atom. The molecule has 0 aromatic heterocycles. The smallest absolute Gasteiger partial charge is 0.261 e. The minimum Gasteiger partial charge on any atom is -0.484 e. The fourth-order valence-corrected chi connectivity index (χ4v) is 2.81. The molecule has 0 saturated heterocycles. The minimum atomic E-state index is -0.788. The Morgan fingerprint density at radius 1 is 1.14 bits per heavy atom. The lowest BCUT2D eigenvalue weighted by atomic mass is 10.1. The molecule has 1 atom stereocenters. The van der Waals surface area contributed by atoms with Gasteiger partial charge in [0.25, 0.3) is 5.91 Å². The van der Waals surface area contributed by atoms with E-state index in [1.54, 1.807) is 49.4 Å². The Balaban J connectivity index is 2.14. The Kier molecular flexibility index (Phi) is 8.46. The van der Waals surface area contributed by atoms with E-state index in [0.717, 1.165) is 0 Å². The summed E-state index contributed by atoms with van der Waals surface area (Å²) in [4.78, 5) is 26.7. The number of carbonyl (C=O) groups is 2. The van der Waals surface area contributed by atoms with Gasteiger partial charge in [-0.15, -0.1) is 0 Å². The number of nitrogens with one attached hydrogen (secondary N) is 1. The van der Waals surface area contributed by atoms with Crippen molar-refractivity contribution in [1.29, 1.82) is 0 Å². The summed E-state index contributed by atoms with van der Waals surface area (Å²) in [6.07, 6.45) is 0. The molecule has 2 rings (SSSR count). The maximum atomic E-state index is 14.1. The number of hydrogen-bond acceptors (Lipinski definition) is 3. The molecule has 1 N–H and O–H groups in total. The molecule has 0 aliphatic rings. The van der Waals surface area contributed by atoms with Crippen LogP contribution in [0.4, 0.5) is 4.39 Å². The van der Waals surface area contributed by atoms with Crippen molar-refractivity contribution in [2.75, 3.05) is 13.2 Å². The first kappa shape index (κ1) is 22.7. The first-order valence-electron chi connectivity index (χ1n) is 9.47. The Hall–Kier alpha value is -2.60. The third kappa shape index (κ3) is 7.06. The molecule has 2 aromatic carbocycles. The van der Waals surface area contributed by atoms with Gasteiger partial charge in [-0.2, -0.15) is 0 Å². The molecular weight excluding hydrogens is 395 g/mol. The predicted octanol–water partition coefficient (Wildman–Crippen LogP) is 4.05. The summed E-state index contributed by atoms with van der Waals surface area (Å²) in [5, 5.41) is 3.30. The highest BCUT2D eigenvalue weighted by Crippen LogP contribution is 2.18. The van der Waals surface area contributed by atoms with Crippen molar-refractivity contribution in [2.24, 2.45) is 5.92 Å². The van der Waals surface area contributed by atoms with Crippen LogP contribution in [-0.2, 0) is 16.1 Å². The summed E-state index contributed by atoms with van der Waals surface area (Å²) in [5.74, 6) is -0.455. The van der Waals surface area contributed by atoms with Crippen LogP contribution in [-0.4, -0.2) is 35.9 Å². The van der Waals surface area contributed by atoms with Crippen molar-refractivity contribution in [3.05, 3.63) is 64.9 Å². The van der Waals surface area contributed by atoms with Gasteiger partial charge < -0.3 is 15.0 Å². The van der Waals surface area contributed by atoms with E-state index in [1.807, 2.05) is 13.8 Å². The second kappa shape index (κ2) is 10.8. The van der Waals surface area contributed by atoms with Crippen LogP contribution >= 0.6 is 11.6 Å². The molecule has 2 aromatic rings. The van der Waals surface area contributed by atoms with E-state index in [4.69, 9.17) is 16.3 Å². The summed E-state index contributed by atoms with van der Waals surface area (Å²) >= 11 is 5.93. The molecule has 5 nitrogen and oxygen atoms in total. The Morgan fingerprint density at radius 2 is 1.86 bits per heavy atom. The second-order valence-corrected chi connectivity index (χ2v) is 7.61. The lowest BCUT2D eigenvalue weighted by molar-refractivity contribution is -0.142. The number of ether oxygens (including phenoxy) is 1. The molecular formula is C22H26ClFN2O3. The van der Waals surface area contributed by atoms with E-state index < -0.39 is 17.8 Å². The van der Waals surface area contributed by atoms with Gasteiger partial charge in [0.05, 0.1) is 0 Å². The van der Waals surface area contributed by atoms with Crippen LogP contribution in [0.5, 0.6) is 5.75 Å². The van der Waals surface area contributed by atoms with E-state index in [2.05, 4.69) is 5.32 Å².